The zero-order valence-corrected chi connectivity index (χ0v) is 9.53. The third-order valence-electron chi connectivity index (χ3n) is 2.51. The van der Waals surface area contributed by atoms with Crippen molar-refractivity contribution in [1.82, 2.24) is 10.3 Å². The molecule has 1 aromatic heterocycles. The summed E-state index contributed by atoms with van der Waals surface area (Å²) in [5.74, 6) is 0. The Bertz CT molecular complexity index is 503. The molecule has 1 heterocycles. The number of rotatable bonds is 4. The fraction of sp³-hybridized carbons (Fsp3) is 0.214. The molecule has 1 N–H and O–H groups in total. The first-order chi connectivity index (χ1) is 7.79. The summed E-state index contributed by atoms with van der Waals surface area (Å²) in [7, 11) is 0. The first-order valence-corrected chi connectivity index (χ1v) is 5.47. The van der Waals surface area contributed by atoms with Crippen LogP contribution in [0.3, 0.4) is 0 Å². The molecule has 0 bridgehead atoms. The minimum Gasteiger partial charge on any atom is -0.309 e. The Morgan fingerprint density at radius 2 is 2.19 bits per heavy atom. The maximum Gasteiger partial charge on any atom is 0.0705 e. The topological polar surface area (TPSA) is 24.9 Å². The molecule has 0 saturated carbocycles. The summed E-state index contributed by atoms with van der Waals surface area (Å²) in [6.07, 6.45) is 1.87. The van der Waals surface area contributed by atoms with Crippen LogP contribution in [0.15, 0.2) is 43.0 Å². The highest BCUT2D eigenvalue weighted by atomic mass is 14.8. The van der Waals surface area contributed by atoms with Crippen LogP contribution in [0, 0.1) is 6.92 Å². The smallest absolute Gasteiger partial charge is 0.0705 e. The predicted molar refractivity (Wildman–Crippen MR) is 68.4 cm³/mol. The van der Waals surface area contributed by atoms with Crippen molar-refractivity contribution < 1.29 is 0 Å². The Balaban J connectivity index is 2.23. The lowest BCUT2D eigenvalue weighted by molar-refractivity contribution is 0.761. The molecule has 82 valence electrons. The molecule has 2 rings (SSSR count). The molecule has 2 nitrogen and oxygen atoms in total. The van der Waals surface area contributed by atoms with Gasteiger partial charge < -0.3 is 5.32 Å². The molecular weight excluding hydrogens is 196 g/mol. The number of aromatic nitrogens is 1. The van der Waals surface area contributed by atoms with E-state index in [0.717, 1.165) is 24.3 Å². The van der Waals surface area contributed by atoms with Crippen LogP contribution < -0.4 is 5.32 Å². The summed E-state index contributed by atoms with van der Waals surface area (Å²) in [5.41, 5.74) is 3.40. The lowest BCUT2D eigenvalue weighted by Gasteiger charge is -2.04. The van der Waals surface area contributed by atoms with E-state index < -0.39 is 0 Å². The van der Waals surface area contributed by atoms with Gasteiger partial charge in [-0.3, -0.25) is 4.98 Å². The largest absolute Gasteiger partial charge is 0.309 e. The maximum absolute atomic E-state index is 4.48. The van der Waals surface area contributed by atoms with Crippen LogP contribution in [-0.4, -0.2) is 11.5 Å². The first kappa shape index (κ1) is 10.8. The fourth-order valence-corrected chi connectivity index (χ4v) is 1.71. The van der Waals surface area contributed by atoms with Gasteiger partial charge in [-0.15, -0.1) is 6.58 Å². The van der Waals surface area contributed by atoms with Gasteiger partial charge in [0.15, 0.2) is 0 Å². The minimum absolute atomic E-state index is 0.837. The predicted octanol–water partition coefficient (Wildman–Crippen LogP) is 2.82. The third kappa shape index (κ3) is 2.47. The van der Waals surface area contributed by atoms with Crippen LogP contribution in [0.25, 0.3) is 10.9 Å². The Hall–Kier alpha value is -1.67. The van der Waals surface area contributed by atoms with Crippen molar-refractivity contribution in [2.45, 2.75) is 13.5 Å². The van der Waals surface area contributed by atoms with Crippen molar-refractivity contribution >= 4 is 10.9 Å². The second-order valence-electron chi connectivity index (χ2n) is 3.90. The second kappa shape index (κ2) is 4.90. The van der Waals surface area contributed by atoms with Crippen LogP contribution in [0.2, 0.25) is 0 Å². The second-order valence-corrected chi connectivity index (χ2v) is 3.90. The van der Waals surface area contributed by atoms with Gasteiger partial charge >= 0.3 is 0 Å². The molecule has 0 atom stereocenters. The Labute approximate surface area is 96.0 Å². The summed E-state index contributed by atoms with van der Waals surface area (Å²) < 4.78 is 0. The third-order valence-corrected chi connectivity index (χ3v) is 2.51. The van der Waals surface area contributed by atoms with E-state index >= 15 is 0 Å². The van der Waals surface area contributed by atoms with Gasteiger partial charge in [-0.25, -0.2) is 0 Å². The van der Waals surface area contributed by atoms with Crippen molar-refractivity contribution in [2.75, 3.05) is 6.54 Å². The van der Waals surface area contributed by atoms with Gasteiger partial charge in [0.1, 0.15) is 0 Å². The molecule has 0 fully saturated rings. The summed E-state index contributed by atoms with van der Waals surface area (Å²) >= 11 is 0. The number of benzene rings is 1. The first-order valence-electron chi connectivity index (χ1n) is 5.47. The number of nitrogens with zero attached hydrogens (tertiary/aromatic N) is 1. The van der Waals surface area contributed by atoms with E-state index in [9.17, 15) is 0 Å². The van der Waals surface area contributed by atoms with Crippen molar-refractivity contribution in [3.8, 4) is 0 Å². The van der Waals surface area contributed by atoms with Gasteiger partial charge in [0, 0.05) is 24.2 Å². The van der Waals surface area contributed by atoms with Crippen LogP contribution >= 0.6 is 0 Å². The number of nitrogens with one attached hydrogen (secondary N) is 1. The zero-order chi connectivity index (χ0) is 11.4. The summed E-state index contributed by atoms with van der Waals surface area (Å²) in [4.78, 5) is 4.48. The number of hydrogen-bond acceptors (Lipinski definition) is 2. The van der Waals surface area contributed by atoms with Crippen LogP contribution in [0.5, 0.6) is 0 Å². The van der Waals surface area contributed by atoms with Crippen molar-refractivity contribution in [2.24, 2.45) is 0 Å². The van der Waals surface area contributed by atoms with E-state index in [1.165, 1.54) is 10.9 Å². The maximum atomic E-state index is 4.48. The highest BCUT2D eigenvalue weighted by Crippen LogP contribution is 2.14. The van der Waals surface area contributed by atoms with Crippen molar-refractivity contribution in [1.29, 1.82) is 0 Å². The molecule has 0 aliphatic rings. The van der Waals surface area contributed by atoms with Gasteiger partial charge in [0.25, 0.3) is 0 Å². The molecular formula is C14H16N2. The Morgan fingerprint density at radius 3 is 3.00 bits per heavy atom. The molecule has 0 spiro atoms. The number of fused-ring (bicyclic) bond motifs is 1. The lowest BCUT2D eigenvalue weighted by Crippen LogP contribution is -2.12. The van der Waals surface area contributed by atoms with Gasteiger partial charge in [0.2, 0.25) is 0 Å². The number of hydrogen-bond donors (Lipinski definition) is 1. The Kier molecular flexibility index (Phi) is 3.32. The molecule has 2 aromatic rings. The van der Waals surface area contributed by atoms with Crippen molar-refractivity contribution in [3.05, 3.63) is 54.2 Å². The summed E-state index contributed by atoms with van der Waals surface area (Å²) in [6, 6.07) is 10.5. The molecule has 0 unspecified atom stereocenters. The van der Waals surface area contributed by atoms with Gasteiger partial charge in [0.05, 0.1) is 5.52 Å². The van der Waals surface area contributed by atoms with Gasteiger partial charge in [-0.1, -0.05) is 18.2 Å². The zero-order valence-electron chi connectivity index (χ0n) is 9.53. The lowest BCUT2D eigenvalue weighted by atomic mass is 10.1. The summed E-state index contributed by atoms with van der Waals surface area (Å²) in [5, 5.41) is 4.49. The number of aryl methyl sites for hydroxylation is 1. The SMILES string of the molecule is C=CCNCc1ccc2nc(C)ccc2c1. The standard InChI is InChI=1S/C14H16N2/c1-3-8-15-10-12-5-7-14-13(9-12)6-4-11(2)16-14/h3-7,9,15H,1,8,10H2,2H3. The average molecular weight is 212 g/mol. The monoisotopic (exact) mass is 212 g/mol. The van der Waals surface area contributed by atoms with Gasteiger partial charge in [-0.2, -0.15) is 0 Å². The molecule has 2 heteroatoms. The molecule has 0 radical (unpaired) electrons. The quantitative estimate of drug-likeness (QED) is 0.622. The molecule has 0 amide bonds. The molecule has 0 saturated heterocycles. The Morgan fingerprint density at radius 1 is 1.31 bits per heavy atom. The molecule has 0 aliphatic carbocycles. The van der Waals surface area contributed by atoms with E-state index in [0.29, 0.717) is 0 Å². The van der Waals surface area contributed by atoms with Crippen LogP contribution in [0.4, 0.5) is 0 Å². The van der Waals surface area contributed by atoms with E-state index in [-0.39, 0.29) is 0 Å². The number of pyridine rings is 1. The van der Waals surface area contributed by atoms with Crippen molar-refractivity contribution in [3.63, 3.8) is 0 Å². The van der Waals surface area contributed by atoms with E-state index in [2.05, 4.69) is 41.1 Å². The van der Waals surface area contributed by atoms with Crippen LogP contribution in [-0.2, 0) is 6.54 Å². The highest BCUT2D eigenvalue weighted by molar-refractivity contribution is 5.79. The normalized spacial score (nSPS) is 10.6. The molecule has 1 aromatic carbocycles. The fourth-order valence-electron chi connectivity index (χ4n) is 1.71. The minimum atomic E-state index is 0.837. The van der Waals surface area contributed by atoms with E-state index in [4.69, 9.17) is 0 Å². The molecule has 0 aliphatic heterocycles. The molecule has 16 heavy (non-hydrogen) atoms. The van der Waals surface area contributed by atoms with E-state index in [1.54, 1.807) is 0 Å². The highest BCUT2D eigenvalue weighted by Gasteiger charge is 1.97. The van der Waals surface area contributed by atoms with Crippen LogP contribution in [0.1, 0.15) is 11.3 Å². The van der Waals surface area contributed by atoms with E-state index in [1.807, 2.05) is 19.1 Å². The van der Waals surface area contributed by atoms with Gasteiger partial charge in [-0.05, 0) is 30.7 Å². The average Bonchev–Trinajstić information content (AvgIpc) is 2.29. The summed E-state index contributed by atoms with van der Waals surface area (Å²) in [6.45, 7) is 7.40.